The maximum Gasteiger partial charge on any atom is 0.252 e. The second-order valence-electron chi connectivity index (χ2n) is 6.00. The van der Waals surface area contributed by atoms with Crippen LogP contribution in [0.5, 0.6) is 5.75 Å². The summed E-state index contributed by atoms with van der Waals surface area (Å²) in [5.74, 6) is 0.854. The van der Waals surface area contributed by atoms with Crippen molar-refractivity contribution in [2.24, 2.45) is 0 Å². The number of nitrogens with zero attached hydrogens (tertiary/aromatic N) is 2. The van der Waals surface area contributed by atoms with Gasteiger partial charge in [-0.1, -0.05) is 15.9 Å². The number of piperazine rings is 1. The predicted octanol–water partition coefficient (Wildman–Crippen LogP) is 3.33. The molecule has 5 nitrogen and oxygen atoms in total. The van der Waals surface area contributed by atoms with Crippen LogP contribution in [-0.4, -0.2) is 50.9 Å². The van der Waals surface area contributed by atoms with Crippen molar-refractivity contribution >= 4 is 37.3 Å². The van der Waals surface area contributed by atoms with Crippen molar-refractivity contribution in [2.45, 2.75) is 17.7 Å². The Kier molecular flexibility index (Phi) is 5.85. The summed E-state index contributed by atoms with van der Waals surface area (Å²) in [4.78, 5) is 3.27. The van der Waals surface area contributed by atoms with Crippen molar-refractivity contribution in [1.29, 1.82) is 0 Å². The van der Waals surface area contributed by atoms with Crippen LogP contribution in [0.2, 0.25) is 0 Å². The fourth-order valence-electron chi connectivity index (χ4n) is 2.92. The Balaban J connectivity index is 1.65. The van der Waals surface area contributed by atoms with Gasteiger partial charge in [0.1, 0.15) is 9.96 Å². The lowest BCUT2D eigenvalue weighted by Gasteiger charge is -2.33. The van der Waals surface area contributed by atoms with Crippen LogP contribution in [0.15, 0.2) is 39.0 Å². The quantitative estimate of drug-likeness (QED) is 0.709. The van der Waals surface area contributed by atoms with E-state index in [1.54, 1.807) is 17.5 Å². The number of benzene rings is 1. The molecule has 0 radical (unpaired) electrons. The lowest BCUT2D eigenvalue weighted by atomic mass is 10.2. The molecule has 1 aliphatic heterocycles. The first-order valence-corrected chi connectivity index (χ1v) is 11.1. The Morgan fingerprint density at radius 1 is 1.16 bits per heavy atom. The number of aryl methyl sites for hydroxylation is 1. The van der Waals surface area contributed by atoms with Gasteiger partial charge in [0.25, 0.3) is 10.0 Å². The van der Waals surface area contributed by atoms with Crippen LogP contribution in [0.3, 0.4) is 0 Å². The molecular formula is C17H21BrN2O3S2. The molecule has 136 valence electrons. The molecule has 0 atom stereocenters. The molecule has 0 spiro atoms. The molecule has 0 bridgehead atoms. The molecule has 2 aromatic rings. The number of rotatable bonds is 5. The van der Waals surface area contributed by atoms with Crippen molar-refractivity contribution in [3.05, 3.63) is 45.2 Å². The third-order valence-corrected chi connectivity index (χ3v) is 8.14. The molecule has 0 amide bonds. The van der Waals surface area contributed by atoms with Gasteiger partial charge in [0.2, 0.25) is 0 Å². The molecule has 1 aromatic heterocycles. The standard InChI is InChI=1S/C17H21BrN2O3S2/c1-13-3-6-17(24-13)25(21,22)20-9-7-19(8-10-20)12-14-11-15(18)4-5-16(14)23-2/h3-6,11H,7-10,12H2,1-2H3. The minimum atomic E-state index is -3.36. The summed E-state index contributed by atoms with van der Waals surface area (Å²) in [6.07, 6.45) is 0. The molecule has 1 saturated heterocycles. The summed E-state index contributed by atoms with van der Waals surface area (Å²) < 4.78 is 33.9. The van der Waals surface area contributed by atoms with E-state index >= 15 is 0 Å². The van der Waals surface area contributed by atoms with Gasteiger partial charge in [0.15, 0.2) is 0 Å². The highest BCUT2D eigenvalue weighted by molar-refractivity contribution is 9.10. The number of halogens is 1. The Bertz CT molecular complexity index is 843. The van der Waals surface area contributed by atoms with Crippen molar-refractivity contribution < 1.29 is 13.2 Å². The summed E-state index contributed by atoms with van der Waals surface area (Å²) in [6, 6.07) is 9.51. The van der Waals surface area contributed by atoms with E-state index < -0.39 is 10.0 Å². The Labute approximate surface area is 161 Å². The second-order valence-corrected chi connectivity index (χ2v) is 10.4. The topological polar surface area (TPSA) is 49.9 Å². The molecule has 8 heteroatoms. The van der Waals surface area contributed by atoms with Gasteiger partial charge in [-0.25, -0.2) is 8.42 Å². The van der Waals surface area contributed by atoms with Gasteiger partial charge >= 0.3 is 0 Å². The van der Waals surface area contributed by atoms with Crippen molar-refractivity contribution in [3.63, 3.8) is 0 Å². The lowest BCUT2D eigenvalue weighted by molar-refractivity contribution is 0.180. The van der Waals surface area contributed by atoms with Crippen LogP contribution in [0, 0.1) is 6.92 Å². The van der Waals surface area contributed by atoms with E-state index in [9.17, 15) is 8.42 Å². The van der Waals surface area contributed by atoms with Gasteiger partial charge < -0.3 is 4.74 Å². The normalized spacial score (nSPS) is 16.9. The first kappa shape index (κ1) is 18.8. The van der Waals surface area contributed by atoms with E-state index in [1.165, 1.54) is 11.3 Å². The molecule has 0 N–H and O–H groups in total. The van der Waals surface area contributed by atoms with Crippen LogP contribution in [0.1, 0.15) is 10.4 Å². The molecular weight excluding hydrogens is 424 g/mol. The predicted molar refractivity (Wildman–Crippen MR) is 104 cm³/mol. The Morgan fingerprint density at radius 2 is 1.88 bits per heavy atom. The van der Waals surface area contributed by atoms with E-state index in [-0.39, 0.29) is 0 Å². The Hall–Kier alpha value is -0.930. The molecule has 1 aliphatic rings. The molecule has 0 saturated carbocycles. The minimum absolute atomic E-state index is 0.437. The first-order valence-electron chi connectivity index (χ1n) is 8.01. The molecule has 0 unspecified atom stereocenters. The molecule has 2 heterocycles. The number of sulfonamides is 1. The van der Waals surface area contributed by atoms with E-state index in [0.717, 1.165) is 27.2 Å². The Morgan fingerprint density at radius 3 is 2.48 bits per heavy atom. The number of thiophene rings is 1. The minimum Gasteiger partial charge on any atom is -0.496 e. The van der Waals surface area contributed by atoms with Gasteiger partial charge in [-0.2, -0.15) is 4.31 Å². The highest BCUT2D eigenvalue weighted by Crippen LogP contribution is 2.27. The van der Waals surface area contributed by atoms with Gasteiger partial charge in [-0.05, 0) is 37.3 Å². The number of hydrogen-bond donors (Lipinski definition) is 0. The van der Waals surface area contributed by atoms with Crippen LogP contribution in [0.25, 0.3) is 0 Å². The third-order valence-electron chi connectivity index (χ3n) is 4.28. The lowest BCUT2D eigenvalue weighted by Crippen LogP contribution is -2.48. The summed E-state index contributed by atoms with van der Waals surface area (Å²) in [7, 11) is -1.70. The average molecular weight is 445 g/mol. The number of ether oxygens (including phenoxy) is 1. The van der Waals surface area contributed by atoms with Crippen LogP contribution in [-0.2, 0) is 16.6 Å². The summed E-state index contributed by atoms with van der Waals surface area (Å²) in [6.45, 7) is 5.10. The van der Waals surface area contributed by atoms with Gasteiger partial charge in [0, 0.05) is 47.6 Å². The summed E-state index contributed by atoms with van der Waals surface area (Å²) in [5.41, 5.74) is 1.10. The monoisotopic (exact) mass is 444 g/mol. The third kappa shape index (κ3) is 4.25. The fraction of sp³-hybridized carbons (Fsp3) is 0.412. The first-order chi connectivity index (χ1) is 11.9. The highest BCUT2D eigenvalue weighted by atomic mass is 79.9. The maximum absolute atomic E-state index is 12.7. The zero-order valence-corrected chi connectivity index (χ0v) is 17.5. The molecule has 25 heavy (non-hydrogen) atoms. The smallest absolute Gasteiger partial charge is 0.252 e. The van der Waals surface area contributed by atoms with E-state index in [2.05, 4.69) is 26.9 Å². The zero-order chi connectivity index (χ0) is 18.0. The average Bonchev–Trinajstić information content (AvgIpc) is 3.03. The maximum atomic E-state index is 12.7. The fourth-order valence-corrected chi connectivity index (χ4v) is 6.19. The second kappa shape index (κ2) is 7.75. The largest absolute Gasteiger partial charge is 0.496 e. The van der Waals surface area contributed by atoms with Crippen LogP contribution >= 0.6 is 27.3 Å². The van der Waals surface area contributed by atoms with E-state index in [0.29, 0.717) is 30.4 Å². The van der Waals surface area contributed by atoms with Crippen molar-refractivity contribution in [2.75, 3.05) is 33.3 Å². The van der Waals surface area contributed by atoms with E-state index in [4.69, 9.17) is 4.74 Å². The number of methoxy groups -OCH3 is 1. The van der Waals surface area contributed by atoms with Crippen molar-refractivity contribution in [3.8, 4) is 5.75 Å². The molecule has 1 fully saturated rings. The van der Waals surface area contributed by atoms with Gasteiger partial charge in [-0.15, -0.1) is 11.3 Å². The van der Waals surface area contributed by atoms with Crippen molar-refractivity contribution in [1.82, 2.24) is 9.21 Å². The summed E-state index contributed by atoms with van der Waals surface area (Å²) in [5, 5.41) is 0. The summed E-state index contributed by atoms with van der Waals surface area (Å²) >= 11 is 4.83. The highest BCUT2D eigenvalue weighted by Gasteiger charge is 2.29. The molecule has 3 rings (SSSR count). The molecule has 1 aromatic carbocycles. The SMILES string of the molecule is COc1ccc(Br)cc1CN1CCN(S(=O)(=O)c2ccc(C)s2)CC1. The number of hydrogen-bond acceptors (Lipinski definition) is 5. The van der Waals surface area contributed by atoms with E-state index in [1.807, 2.05) is 25.1 Å². The molecule has 0 aliphatic carbocycles. The van der Waals surface area contributed by atoms with Crippen LogP contribution < -0.4 is 4.74 Å². The zero-order valence-electron chi connectivity index (χ0n) is 14.2. The van der Waals surface area contributed by atoms with Gasteiger partial charge in [0.05, 0.1) is 7.11 Å². The van der Waals surface area contributed by atoms with Gasteiger partial charge in [-0.3, -0.25) is 4.90 Å². The van der Waals surface area contributed by atoms with Crippen LogP contribution in [0.4, 0.5) is 0 Å².